The fourth-order valence-corrected chi connectivity index (χ4v) is 1.86. The molecule has 2 nitrogen and oxygen atoms in total. The van der Waals surface area contributed by atoms with E-state index in [1.54, 1.807) is 19.1 Å². The normalized spacial score (nSPS) is 12.2. The lowest BCUT2D eigenvalue weighted by molar-refractivity contribution is -0.143. The van der Waals surface area contributed by atoms with Crippen LogP contribution in [0.1, 0.15) is 30.7 Å². The van der Waals surface area contributed by atoms with Gasteiger partial charge >= 0.3 is 5.97 Å². The second-order valence-electron chi connectivity index (χ2n) is 3.45. The number of hydrogen-bond donors (Lipinski definition) is 0. The molecule has 0 aliphatic rings. The largest absolute Gasteiger partial charge is 0.466 e. The lowest BCUT2D eigenvalue weighted by Gasteiger charge is -2.11. The molecular formula is C12H13Cl2FO2. The van der Waals surface area contributed by atoms with Crippen LogP contribution in [-0.2, 0) is 9.53 Å². The molecule has 0 saturated carbocycles. The van der Waals surface area contributed by atoms with Gasteiger partial charge in [0.25, 0.3) is 0 Å². The highest BCUT2D eigenvalue weighted by Gasteiger charge is 2.16. The van der Waals surface area contributed by atoms with E-state index in [1.165, 1.54) is 6.07 Å². The number of ether oxygens (including phenoxy) is 1. The van der Waals surface area contributed by atoms with Crippen molar-refractivity contribution in [1.82, 2.24) is 0 Å². The molecule has 1 unspecified atom stereocenters. The summed E-state index contributed by atoms with van der Waals surface area (Å²) in [6.07, 6.45) is 0.478. The van der Waals surface area contributed by atoms with Gasteiger partial charge in [0.05, 0.1) is 17.0 Å². The maximum atomic E-state index is 13.6. The van der Waals surface area contributed by atoms with Gasteiger partial charge in [-0.2, -0.15) is 0 Å². The highest BCUT2D eigenvalue weighted by Crippen LogP contribution is 2.30. The van der Waals surface area contributed by atoms with Crippen LogP contribution in [0.25, 0.3) is 0 Å². The Kier molecular flexibility index (Phi) is 5.72. The van der Waals surface area contributed by atoms with Gasteiger partial charge in [0.2, 0.25) is 0 Å². The molecule has 0 amide bonds. The predicted molar refractivity (Wildman–Crippen MR) is 65.9 cm³/mol. The standard InChI is InChI=1S/C12H13Cl2FO2/c1-2-17-11(16)7-6-9(13)8-4-3-5-10(14)12(8)15/h3-5,9H,2,6-7H2,1H3. The summed E-state index contributed by atoms with van der Waals surface area (Å²) in [6.45, 7) is 2.06. The summed E-state index contributed by atoms with van der Waals surface area (Å²) < 4.78 is 18.4. The zero-order valence-corrected chi connectivity index (χ0v) is 10.9. The molecule has 0 aliphatic heterocycles. The van der Waals surface area contributed by atoms with Gasteiger partial charge in [-0.25, -0.2) is 4.39 Å². The molecule has 0 N–H and O–H groups in total. The predicted octanol–water partition coefficient (Wildman–Crippen LogP) is 4.10. The first-order chi connectivity index (χ1) is 8.06. The Morgan fingerprint density at radius 3 is 2.88 bits per heavy atom. The number of rotatable bonds is 5. The third-order valence-electron chi connectivity index (χ3n) is 2.23. The molecule has 0 radical (unpaired) electrons. The van der Waals surface area contributed by atoms with Crippen LogP contribution in [-0.4, -0.2) is 12.6 Å². The number of benzene rings is 1. The van der Waals surface area contributed by atoms with Crippen molar-refractivity contribution in [2.45, 2.75) is 25.1 Å². The minimum absolute atomic E-state index is 0.0317. The first-order valence-corrected chi connectivity index (χ1v) is 6.11. The van der Waals surface area contributed by atoms with Gasteiger partial charge in [-0.1, -0.05) is 23.7 Å². The highest BCUT2D eigenvalue weighted by molar-refractivity contribution is 6.31. The van der Waals surface area contributed by atoms with Crippen molar-refractivity contribution in [3.05, 3.63) is 34.6 Å². The molecule has 94 valence electrons. The van der Waals surface area contributed by atoms with Gasteiger partial charge in [-0.3, -0.25) is 4.79 Å². The van der Waals surface area contributed by atoms with Crippen LogP contribution >= 0.6 is 23.2 Å². The molecule has 1 aromatic carbocycles. The third kappa shape index (κ3) is 4.17. The highest BCUT2D eigenvalue weighted by atomic mass is 35.5. The number of carbonyl (C=O) groups excluding carboxylic acids is 1. The number of alkyl halides is 1. The zero-order chi connectivity index (χ0) is 12.8. The number of hydrogen-bond acceptors (Lipinski definition) is 2. The molecule has 17 heavy (non-hydrogen) atoms. The van der Waals surface area contributed by atoms with E-state index in [9.17, 15) is 9.18 Å². The van der Waals surface area contributed by atoms with Crippen LogP contribution in [0.4, 0.5) is 4.39 Å². The average Bonchev–Trinajstić information content (AvgIpc) is 2.30. The fraction of sp³-hybridized carbons (Fsp3) is 0.417. The maximum Gasteiger partial charge on any atom is 0.305 e. The molecule has 1 rings (SSSR count). The molecular weight excluding hydrogens is 266 g/mol. The van der Waals surface area contributed by atoms with Crippen LogP contribution < -0.4 is 0 Å². The Bertz CT molecular complexity index is 396. The monoisotopic (exact) mass is 278 g/mol. The quantitative estimate of drug-likeness (QED) is 0.599. The summed E-state index contributed by atoms with van der Waals surface area (Å²) in [5, 5.41) is -0.553. The summed E-state index contributed by atoms with van der Waals surface area (Å²) in [5.74, 6) is -0.862. The summed E-state index contributed by atoms with van der Waals surface area (Å²) in [5.41, 5.74) is 0.309. The van der Waals surface area contributed by atoms with Gasteiger partial charge in [0, 0.05) is 12.0 Å². The van der Waals surface area contributed by atoms with Gasteiger partial charge in [-0.05, 0) is 19.4 Å². The molecule has 0 spiro atoms. The van der Waals surface area contributed by atoms with Crippen molar-refractivity contribution in [2.75, 3.05) is 6.61 Å². The van der Waals surface area contributed by atoms with E-state index < -0.39 is 11.2 Å². The number of carbonyl (C=O) groups is 1. The van der Waals surface area contributed by atoms with E-state index in [-0.39, 0.29) is 17.4 Å². The Labute approximate surface area is 110 Å². The van der Waals surface area contributed by atoms with E-state index in [4.69, 9.17) is 27.9 Å². The molecule has 0 fully saturated rings. The van der Waals surface area contributed by atoms with Crippen LogP contribution in [0.3, 0.4) is 0 Å². The lowest BCUT2D eigenvalue weighted by Crippen LogP contribution is -2.05. The molecule has 5 heteroatoms. The van der Waals surface area contributed by atoms with E-state index in [0.717, 1.165) is 0 Å². The molecule has 0 aliphatic carbocycles. The molecule has 0 saturated heterocycles. The van der Waals surface area contributed by atoms with E-state index in [2.05, 4.69) is 0 Å². The van der Waals surface area contributed by atoms with Gasteiger partial charge < -0.3 is 4.74 Å². The van der Waals surface area contributed by atoms with Gasteiger partial charge in [0.15, 0.2) is 0 Å². The first kappa shape index (κ1) is 14.3. The Hall–Kier alpha value is -0.800. The molecule has 1 aromatic rings. The molecule has 0 bridgehead atoms. The van der Waals surface area contributed by atoms with Crippen LogP contribution in [0.15, 0.2) is 18.2 Å². The summed E-state index contributed by atoms with van der Waals surface area (Å²) in [4.78, 5) is 11.1. The molecule has 1 atom stereocenters. The Balaban J connectivity index is 2.61. The van der Waals surface area contributed by atoms with Crippen LogP contribution in [0.2, 0.25) is 5.02 Å². The second-order valence-corrected chi connectivity index (χ2v) is 4.39. The van der Waals surface area contributed by atoms with Crippen molar-refractivity contribution in [3.63, 3.8) is 0 Å². The maximum absolute atomic E-state index is 13.6. The van der Waals surface area contributed by atoms with E-state index in [1.807, 2.05) is 0 Å². The molecule has 0 aromatic heterocycles. The summed E-state index contributed by atoms with van der Waals surface area (Å²) in [7, 11) is 0. The number of halogens is 3. The van der Waals surface area contributed by atoms with Crippen molar-refractivity contribution < 1.29 is 13.9 Å². The Morgan fingerprint density at radius 1 is 1.53 bits per heavy atom. The SMILES string of the molecule is CCOC(=O)CCC(Cl)c1cccc(Cl)c1F. The average molecular weight is 279 g/mol. The first-order valence-electron chi connectivity index (χ1n) is 5.29. The number of esters is 1. The van der Waals surface area contributed by atoms with Crippen molar-refractivity contribution in [1.29, 1.82) is 0 Å². The van der Waals surface area contributed by atoms with Crippen molar-refractivity contribution >= 4 is 29.2 Å². The third-order valence-corrected chi connectivity index (χ3v) is 2.97. The van der Waals surface area contributed by atoms with Crippen molar-refractivity contribution in [3.8, 4) is 0 Å². The lowest BCUT2D eigenvalue weighted by atomic mass is 10.1. The van der Waals surface area contributed by atoms with E-state index >= 15 is 0 Å². The minimum atomic E-state index is -0.585. The topological polar surface area (TPSA) is 26.3 Å². The van der Waals surface area contributed by atoms with Gasteiger partial charge in [0.1, 0.15) is 5.82 Å². The second kappa shape index (κ2) is 6.82. The fourth-order valence-electron chi connectivity index (χ4n) is 1.40. The Morgan fingerprint density at radius 2 is 2.24 bits per heavy atom. The smallest absolute Gasteiger partial charge is 0.305 e. The van der Waals surface area contributed by atoms with Gasteiger partial charge in [-0.15, -0.1) is 11.6 Å². The minimum Gasteiger partial charge on any atom is -0.466 e. The summed E-state index contributed by atoms with van der Waals surface area (Å²) >= 11 is 11.7. The van der Waals surface area contributed by atoms with Crippen molar-refractivity contribution in [2.24, 2.45) is 0 Å². The van der Waals surface area contributed by atoms with Crippen LogP contribution in [0.5, 0.6) is 0 Å². The summed E-state index contributed by atoms with van der Waals surface area (Å²) in [6, 6.07) is 4.64. The zero-order valence-electron chi connectivity index (χ0n) is 9.38. The van der Waals surface area contributed by atoms with E-state index in [0.29, 0.717) is 18.6 Å². The van der Waals surface area contributed by atoms with Crippen LogP contribution in [0, 0.1) is 5.82 Å². The molecule has 0 heterocycles.